The summed E-state index contributed by atoms with van der Waals surface area (Å²) in [6.45, 7) is 2.70. The number of esters is 1. The fourth-order valence-electron chi connectivity index (χ4n) is 2.59. The molecular formula is C23H22F2N2O3S. The molecule has 0 saturated heterocycles. The maximum atomic E-state index is 14.4. The Morgan fingerprint density at radius 1 is 1.19 bits per heavy atom. The van der Waals surface area contributed by atoms with E-state index in [1.807, 2.05) is 17.5 Å². The minimum absolute atomic E-state index is 0.127. The van der Waals surface area contributed by atoms with Gasteiger partial charge in [-0.2, -0.15) is 13.9 Å². The van der Waals surface area contributed by atoms with Gasteiger partial charge >= 0.3 is 5.97 Å². The van der Waals surface area contributed by atoms with Crippen molar-refractivity contribution >= 4 is 29.1 Å². The number of carbonyl (C=O) groups is 1. The van der Waals surface area contributed by atoms with Crippen LogP contribution in [0.3, 0.4) is 0 Å². The molecule has 1 aromatic heterocycles. The quantitative estimate of drug-likeness (QED) is 0.180. The highest BCUT2D eigenvalue weighted by atomic mass is 32.1. The van der Waals surface area contributed by atoms with E-state index < -0.39 is 24.0 Å². The predicted molar refractivity (Wildman–Crippen MR) is 117 cm³/mol. The zero-order valence-electron chi connectivity index (χ0n) is 17.0. The van der Waals surface area contributed by atoms with Crippen LogP contribution >= 0.6 is 11.3 Å². The number of hydrogen-bond donors (Lipinski definition) is 0. The van der Waals surface area contributed by atoms with Crippen LogP contribution in [0, 0.1) is 0 Å². The number of rotatable bonds is 9. The monoisotopic (exact) mass is 444 g/mol. The van der Waals surface area contributed by atoms with Crippen molar-refractivity contribution in [3.63, 3.8) is 0 Å². The highest BCUT2D eigenvalue weighted by Crippen LogP contribution is 2.36. The number of nitrogens with zero attached hydrogens (tertiary/aromatic N) is 2. The van der Waals surface area contributed by atoms with Crippen LogP contribution < -0.4 is 4.74 Å². The molecule has 0 atom stereocenters. The van der Waals surface area contributed by atoms with E-state index in [-0.39, 0.29) is 5.76 Å². The second-order valence-electron chi connectivity index (χ2n) is 6.73. The second kappa shape index (κ2) is 10.8. The van der Waals surface area contributed by atoms with Gasteiger partial charge in [0.1, 0.15) is 17.2 Å². The highest BCUT2D eigenvalue weighted by Gasteiger charge is 2.39. The number of unbranched alkanes of at least 4 members (excludes halogenated alkanes) is 1. The predicted octanol–water partition coefficient (Wildman–Crippen LogP) is 7.07. The lowest BCUT2D eigenvalue weighted by Crippen LogP contribution is -2.23. The molecule has 2 aromatic rings. The summed E-state index contributed by atoms with van der Waals surface area (Å²) in [7, 11) is 0. The van der Waals surface area contributed by atoms with Gasteiger partial charge in [0.15, 0.2) is 0 Å². The largest absolute Gasteiger partial charge is 0.494 e. The van der Waals surface area contributed by atoms with Crippen molar-refractivity contribution in [3.05, 3.63) is 76.3 Å². The van der Waals surface area contributed by atoms with E-state index in [4.69, 9.17) is 9.47 Å². The van der Waals surface area contributed by atoms with Crippen molar-refractivity contribution in [1.29, 1.82) is 0 Å². The van der Waals surface area contributed by atoms with Gasteiger partial charge in [-0.05, 0) is 60.4 Å². The molecule has 0 unspecified atom stereocenters. The van der Waals surface area contributed by atoms with Crippen LogP contribution in [-0.4, -0.2) is 18.5 Å². The third-order valence-electron chi connectivity index (χ3n) is 4.23. The summed E-state index contributed by atoms with van der Waals surface area (Å²) in [6.07, 6.45) is 6.44. The summed E-state index contributed by atoms with van der Waals surface area (Å²) in [5.74, 6) is -3.44. The number of allylic oxidation sites excluding steroid dienone is 4. The van der Waals surface area contributed by atoms with Crippen molar-refractivity contribution in [2.75, 3.05) is 6.61 Å². The SMILES string of the molecule is CCCCOc1ccc(N=NC2=CC=C(OC(=O)C=Cc3cccs3)CC2(F)F)cc1. The Bertz CT molecular complexity index is 994. The molecule has 0 aliphatic heterocycles. The van der Waals surface area contributed by atoms with Crippen LogP contribution in [0.25, 0.3) is 6.08 Å². The van der Waals surface area contributed by atoms with E-state index in [1.165, 1.54) is 23.5 Å². The fraction of sp³-hybridized carbons (Fsp3) is 0.261. The van der Waals surface area contributed by atoms with Crippen molar-refractivity contribution < 1.29 is 23.0 Å². The average molecular weight is 445 g/mol. The minimum Gasteiger partial charge on any atom is -0.494 e. The van der Waals surface area contributed by atoms with Crippen molar-refractivity contribution in [2.24, 2.45) is 10.2 Å². The lowest BCUT2D eigenvalue weighted by molar-refractivity contribution is -0.134. The van der Waals surface area contributed by atoms with Crippen LogP contribution in [0.5, 0.6) is 5.75 Å². The number of azo groups is 1. The zero-order chi connectivity index (χ0) is 22.1. The summed E-state index contributed by atoms with van der Waals surface area (Å²) < 4.78 is 39.4. The van der Waals surface area contributed by atoms with Gasteiger partial charge in [0.05, 0.1) is 18.7 Å². The lowest BCUT2D eigenvalue weighted by Gasteiger charge is -2.20. The Balaban J connectivity index is 1.60. The molecule has 31 heavy (non-hydrogen) atoms. The summed E-state index contributed by atoms with van der Waals surface area (Å²) in [6, 6.07) is 10.4. The van der Waals surface area contributed by atoms with Crippen LogP contribution in [0.1, 0.15) is 31.1 Å². The van der Waals surface area contributed by atoms with E-state index in [0.29, 0.717) is 18.0 Å². The number of thiophene rings is 1. The number of halogens is 2. The van der Waals surface area contributed by atoms with Gasteiger partial charge in [0.2, 0.25) is 0 Å². The molecule has 0 fully saturated rings. The van der Waals surface area contributed by atoms with Gasteiger partial charge < -0.3 is 9.47 Å². The third-order valence-corrected chi connectivity index (χ3v) is 5.07. The first kappa shape index (κ1) is 22.6. The first-order chi connectivity index (χ1) is 15.0. The molecule has 5 nitrogen and oxygen atoms in total. The molecule has 8 heteroatoms. The van der Waals surface area contributed by atoms with Crippen molar-refractivity contribution in [3.8, 4) is 5.75 Å². The maximum absolute atomic E-state index is 14.4. The smallest absolute Gasteiger partial charge is 0.335 e. The summed E-state index contributed by atoms with van der Waals surface area (Å²) in [5, 5.41) is 9.44. The zero-order valence-corrected chi connectivity index (χ0v) is 17.8. The van der Waals surface area contributed by atoms with Crippen molar-refractivity contribution in [2.45, 2.75) is 32.1 Å². The molecule has 0 amide bonds. The molecule has 162 valence electrons. The second-order valence-corrected chi connectivity index (χ2v) is 7.71. The molecule has 0 N–H and O–H groups in total. The Labute approximate surface area is 183 Å². The van der Waals surface area contributed by atoms with E-state index >= 15 is 0 Å². The van der Waals surface area contributed by atoms with Crippen LogP contribution in [0.15, 0.2) is 81.7 Å². The number of hydrogen-bond acceptors (Lipinski definition) is 6. The summed E-state index contributed by atoms with van der Waals surface area (Å²) in [5.41, 5.74) is -0.0656. The fourth-order valence-corrected chi connectivity index (χ4v) is 3.21. The molecule has 1 aromatic carbocycles. The Hall–Kier alpha value is -3.13. The van der Waals surface area contributed by atoms with Crippen molar-refractivity contribution in [1.82, 2.24) is 0 Å². The van der Waals surface area contributed by atoms with E-state index in [0.717, 1.165) is 23.8 Å². The molecule has 0 radical (unpaired) electrons. The van der Waals surface area contributed by atoms with Crippen LogP contribution in [-0.2, 0) is 9.53 Å². The average Bonchev–Trinajstić information content (AvgIpc) is 3.26. The van der Waals surface area contributed by atoms with Gasteiger partial charge in [-0.3, -0.25) is 0 Å². The van der Waals surface area contributed by atoms with Gasteiger partial charge in [0.25, 0.3) is 5.92 Å². The van der Waals surface area contributed by atoms with E-state index in [2.05, 4.69) is 17.2 Å². The Morgan fingerprint density at radius 2 is 2.00 bits per heavy atom. The number of benzene rings is 1. The Morgan fingerprint density at radius 3 is 2.68 bits per heavy atom. The van der Waals surface area contributed by atoms with Crippen LogP contribution in [0.2, 0.25) is 0 Å². The molecule has 0 bridgehead atoms. The van der Waals surface area contributed by atoms with Gasteiger partial charge in [-0.1, -0.05) is 19.4 Å². The lowest BCUT2D eigenvalue weighted by atomic mass is 10.1. The molecular weight excluding hydrogens is 422 g/mol. The highest BCUT2D eigenvalue weighted by molar-refractivity contribution is 7.10. The Kier molecular flexibility index (Phi) is 7.83. The molecule has 0 spiro atoms. The summed E-state index contributed by atoms with van der Waals surface area (Å²) >= 11 is 1.45. The number of ether oxygens (including phenoxy) is 2. The van der Waals surface area contributed by atoms with Gasteiger partial charge in [0, 0.05) is 11.0 Å². The third kappa shape index (κ3) is 6.96. The number of carbonyl (C=O) groups excluding carboxylic acids is 1. The molecule has 1 aliphatic carbocycles. The normalized spacial score (nSPS) is 15.7. The summed E-state index contributed by atoms with van der Waals surface area (Å²) in [4.78, 5) is 12.7. The standard InChI is InChI=1S/C23H22F2N2O3S/c1-2-3-14-29-18-8-6-17(7-9-18)26-27-21-12-10-19(16-23(21,24)25)30-22(28)13-11-20-5-4-15-31-20/h4-13,15H,2-3,14,16H2,1H3. The molecule has 3 rings (SSSR count). The van der Waals surface area contributed by atoms with Gasteiger partial charge in [-0.25, -0.2) is 4.79 Å². The molecule has 0 saturated carbocycles. The van der Waals surface area contributed by atoms with E-state index in [1.54, 1.807) is 30.3 Å². The first-order valence-corrected chi connectivity index (χ1v) is 10.7. The topological polar surface area (TPSA) is 60.3 Å². The first-order valence-electron chi connectivity index (χ1n) is 9.83. The molecule has 1 aliphatic rings. The van der Waals surface area contributed by atoms with Crippen LogP contribution in [0.4, 0.5) is 14.5 Å². The maximum Gasteiger partial charge on any atom is 0.335 e. The minimum atomic E-state index is -3.30. The molecule has 1 heterocycles. The van der Waals surface area contributed by atoms with Gasteiger partial charge in [-0.15, -0.1) is 16.5 Å². The van der Waals surface area contributed by atoms with E-state index in [9.17, 15) is 13.6 Å². The number of alkyl halides is 2.